The Morgan fingerprint density at radius 3 is 2.37 bits per heavy atom. The van der Waals surface area contributed by atoms with Gasteiger partial charge in [-0.1, -0.05) is 34.1 Å². The van der Waals surface area contributed by atoms with Gasteiger partial charge in [-0.3, -0.25) is 4.79 Å². The zero-order valence-electron chi connectivity index (χ0n) is 23.9. The molecular formula is C32H50O6. The molecule has 15 atom stereocenters. The van der Waals surface area contributed by atoms with Crippen molar-refractivity contribution in [2.45, 2.75) is 135 Å². The summed E-state index contributed by atoms with van der Waals surface area (Å²) in [5.41, 5.74) is 0.330. The van der Waals surface area contributed by atoms with Crippen LogP contribution in [-0.2, 0) is 14.3 Å². The van der Waals surface area contributed by atoms with Crippen LogP contribution >= 0.6 is 0 Å². The zero-order valence-corrected chi connectivity index (χ0v) is 23.9. The summed E-state index contributed by atoms with van der Waals surface area (Å²) in [6, 6.07) is 0. The van der Waals surface area contributed by atoms with Gasteiger partial charge in [0.1, 0.15) is 30.5 Å². The van der Waals surface area contributed by atoms with Gasteiger partial charge in [-0.25, -0.2) is 0 Å². The quantitative estimate of drug-likeness (QED) is 0.472. The fourth-order valence-electron chi connectivity index (χ4n) is 12.5. The maximum absolute atomic E-state index is 14.4. The molecule has 0 radical (unpaired) electrons. The van der Waals surface area contributed by atoms with Crippen LogP contribution in [0.1, 0.15) is 98.3 Å². The Bertz CT molecular complexity index is 985. The lowest BCUT2D eigenvalue weighted by Gasteiger charge is -2.71. The first-order chi connectivity index (χ1) is 18.0. The summed E-state index contributed by atoms with van der Waals surface area (Å²) < 4.78 is 11.7. The number of carbonyl (C=O) groups is 1. The first kappa shape index (κ1) is 26.4. The molecule has 0 aromatic heterocycles. The molecule has 6 nitrogen and oxygen atoms in total. The van der Waals surface area contributed by atoms with Crippen LogP contribution in [0, 0.1) is 51.2 Å². The van der Waals surface area contributed by atoms with E-state index in [1.807, 2.05) is 0 Å². The van der Waals surface area contributed by atoms with Crippen LogP contribution in [-0.4, -0.2) is 64.3 Å². The van der Waals surface area contributed by atoms with E-state index in [-0.39, 0.29) is 41.5 Å². The number of rotatable bonds is 3. The van der Waals surface area contributed by atoms with Crippen LogP contribution in [0.5, 0.6) is 0 Å². The summed E-state index contributed by atoms with van der Waals surface area (Å²) in [7, 11) is 0. The summed E-state index contributed by atoms with van der Waals surface area (Å²) in [6.45, 7) is 9.86. The highest BCUT2D eigenvalue weighted by molar-refractivity contribution is 5.90. The van der Waals surface area contributed by atoms with E-state index in [2.05, 4.69) is 27.7 Å². The van der Waals surface area contributed by atoms with Gasteiger partial charge < -0.3 is 24.8 Å². The molecule has 14 unspecified atom stereocenters. The molecule has 0 amide bonds. The summed E-state index contributed by atoms with van der Waals surface area (Å²) in [4.78, 5) is 14.4. The third-order valence-electron chi connectivity index (χ3n) is 14.7. The van der Waals surface area contributed by atoms with Gasteiger partial charge >= 0.3 is 0 Å². The van der Waals surface area contributed by atoms with Crippen molar-refractivity contribution in [3.63, 3.8) is 0 Å². The van der Waals surface area contributed by atoms with Crippen LogP contribution in [0.15, 0.2) is 0 Å². The van der Waals surface area contributed by atoms with Crippen LogP contribution in [0.25, 0.3) is 0 Å². The number of aliphatic hydroxyl groups is 3. The highest BCUT2D eigenvalue weighted by Gasteiger charge is 2.71. The first-order valence-corrected chi connectivity index (χ1v) is 15.8. The molecule has 0 spiro atoms. The SMILES string of the molecule is CC1C(O)CCC2(C)C1CCC1(C)C2CCC2C3CCCC3(C(=O)C3OC(CO)C4OC4C3O)CC[C@]21C. The number of carbonyl (C=O) groups excluding carboxylic acids is 1. The van der Waals surface area contributed by atoms with E-state index in [1.54, 1.807) is 0 Å². The second-order valence-electron chi connectivity index (χ2n) is 15.5. The van der Waals surface area contributed by atoms with E-state index in [4.69, 9.17) is 9.47 Å². The van der Waals surface area contributed by atoms with Crippen molar-refractivity contribution in [2.24, 2.45) is 51.2 Å². The fraction of sp³-hybridized carbons (Fsp3) is 0.969. The molecule has 2 heterocycles. The second kappa shape index (κ2) is 8.50. The van der Waals surface area contributed by atoms with Crippen LogP contribution in [0.4, 0.5) is 0 Å². The zero-order chi connectivity index (χ0) is 26.8. The maximum atomic E-state index is 14.4. The maximum Gasteiger partial charge on any atom is 0.170 e. The molecule has 214 valence electrons. The number of hydrogen-bond donors (Lipinski definition) is 3. The van der Waals surface area contributed by atoms with Gasteiger partial charge in [0.2, 0.25) is 0 Å². The monoisotopic (exact) mass is 530 g/mol. The largest absolute Gasteiger partial charge is 0.394 e. The van der Waals surface area contributed by atoms with Gasteiger partial charge in [-0.2, -0.15) is 0 Å². The van der Waals surface area contributed by atoms with Crippen molar-refractivity contribution in [1.29, 1.82) is 0 Å². The van der Waals surface area contributed by atoms with Crippen molar-refractivity contribution in [1.82, 2.24) is 0 Å². The molecule has 2 aliphatic heterocycles. The van der Waals surface area contributed by atoms with Gasteiger partial charge in [0, 0.05) is 5.41 Å². The van der Waals surface area contributed by atoms with Gasteiger partial charge in [0.25, 0.3) is 0 Å². The molecule has 0 bridgehead atoms. The molecular weight excluding hydrogens is 480 g/mol. The number of hydrogen-bond acceptors (Lipinski definition) is 6. The van der Waals surface area contributed by atoms with Crippen molar-refractivity contribution in [2.75, 3.05) is 6.61 Å². The Labute approximate surface area is 228 Å². The van der Waals surface area contributed by atoms with E-state index < -0.39 is 23.7 Å². The lowest BCUT2D eigenvalue weighted by atomic mass is 9.33. The molecule has 5 aliphatic carbocycles. The minimum atomic E-state index is -0.925. The van der Waals surface area contributed by atoms with Crippen molar-refractivity contribution in [3.05, 3.63) is 0 Å². The first-order valence-electron chi connectivity index (χ1n) is 15.8. The minimum absolute atomic E-state index is 0.0972. The number of ketones is 1. The second-order valence-corrected chi connectivity index (χ2v) is 15.5. The van der Waals surface area contributed by atoms with Crippen LogP contribution < -0.4 is 0 Å². The Kier molecular flexibility index (Phi) is 5.90. The topological polar surface area (TPSA) is 99.5 Å². The molecule has 0 aromatic carbocycles. The fourth-order valence-corrected chi connectivity index (χ4v) is 12.5. The van der Waals surface area contributed by atoms with E-state index in [0.717, 1.165) is 44.9 Å². The molecule has 7 fully saturated rings. The van der Waals surface area contributed by atoms with Crippen molar-refractivity contribution < 1.29 is 29.6 Å². The minimum Gasteiger partial charge on any atom is -0.394 e. The molecule has 2 saturated heterocycles. The number of Topliss-reactive ketones (excluding diaryl/α,β-unsaturated/α-hetero) is 1. The number of epoxide rings is 1. The smallest absolute Gasteiger partial charge is 0.170 e. The average Bonchev–Trinajstić information content (AvgIpc) is 3.59. The summed E-state index contributed by atoms with van der Waals surface area (Å²) >= 11 is 0. The predicted octanol–water partition coefficient (Wildman–Crippen LogP) is 4.27. The molecule has 0 aromatic rings. The number of fused-ring (bicyclic) bond motifs is 8. The third-order valence-corrected chi connectivity index (χ3v) is 14.7. The number of aliphatic hydroxyl groups excluding tert-OH is 3. The Morgan fingerprint density at radius 1 is 0.816 bits per heavy atom. The van der Waals surface area contributed by atoms with Crippen molar-refractivity contribution >= 4 is 5.78 Å². The predicted molar refractivity (Wildman–Crippen MR) is 142 cm³/mol. The van der Waals surface area contributed by atoms with E-state index in [9.17, 15) is 20.1 Å². The van der Waals surface area contributed by atoms with E-state index >= 15 is 0 Å². The molecule has 5 saturated carbocycles. The van der Waals surface area contributed by atoms with E-state index in [1.165, 1.54) is 25.7 Å². The molecule has 7 aliphatic rings. The third kappa shape index (κ3) is 3.16. The van der Waals surface area contributed by atoms with Gasteiger partial charge in [0.05, 0.1) is 12.7 Å². The van der Waals surface area contributed by atoms with Crippen LogP contribution in [0.2, 0.25) is 0 Å². The summed E-state index contributed by atoms with van der Waals surface area (Å²) in [5.74, 6) is 2.64. The lowest BCUT2D eigenvalue weighted by molar-refractivity contribution is -0.234. The summed E-state index contributed by atoms with van der Waals surface area (Å²) in [6.07, 6.45) is 8.89. The molecule has 3 N–H and O–H groups in total. The standard InChI is InChI=1S/C32H50O6/c1-17-18-9-13-31(4)23(29(18,2)12-10-21(17)34)8-7-19-20-6-5-11-32(20,15-14-30(19,31)3)28(36)27-24(35)26-25(38-26)22(16-33)37-27/h17-27,33-35H,5-16H2,1-4H3/t17?,18?,19?,20?,21?,22?,23?,24?,25?,26?,27?,29?,30-,31?,32?/m1/s1. The normalized spacial score (nSPS) is 61.1. The summed E-state index contributed by atoms with van der Waals surface area (Å²) in [5, 5.41) is 31.5. The number of ether oxygens (including phenoxy) is 2. The molecule has 6 heteroatoms. The lowest BCUT2D eigenvalue weighted by Crippen LogP contribution is -2.66. The van der Waals surface area contributed by atoms with E-state index in [0.29, 0.717) is 35.0 Å². The Balaban J connectivity index is 1.19. The Hall–Kier alpha value is -0.530. The van der Waals surface area contributed by atoms with Gasteiger partial charge in [0.15, 0.2) is 5.78 Å². The highest BCUT2D eigenvalue weighted by Crippen LogP contribution is 2.76. The van der Waals surface area contributed by atoms with Gasteiger partial charge in [-0.15, -0.1) is 0 Å². The van der Waals surface area contributed by atoms with Crippen LogP contribution in [0.3, 0.4) is 0 Å². The van der Waals surface area contributed by atoms with Gasteiger partial charge in [-0.05, 0) is 110 Å². The highest BCUT2D eigenvalue weighted by atomic mass is 16.7. The Morgan fingerprint density at radius 2 is 1.61 bits per heavy atom. The molecule has 7 rings (SSSR count). The molecule has 38 heavy (non-hydrogen) atoms. The average molecular weight is 531 g/mol. The van der Waals surface area contributed by atoms with Crippen molar-refractivity contribution in [3.8, 4) is 0 Å².